The van der Waals surface area contributed by atoms with Crippen LogP contribution in [0.3, 0.4) is 0 Å². The van der Waals surface area contributed by atoms with Gasteiger partial charge in [-0.2, -0.15) is 9.97 Å². The minimum absolute atomic E-state index is 0.0151. The number of anilines is 1. The molecule has 0 bridgehead atoms. The molecule has 1 heterocycles. The summed E-state index contributed by atoms with van der Waals surface area (Å²) in [5, 5.41) is 12.2. The Labute approximate surface area is 167 Å². The van der Waals surface area contributed by atoms with Crippen LogP contribution in [0.25, 0.3) is 0 Å². The quantitative estimate of drug-likeness (QED) is 0.611. The average molecular weight is 419 g/mol. The van der Waals surface area contributed by atoms with Crippen LogP contribution in [0, 0.1) is 17.6 Å². The lowest BCUT2D eigenvalue weighted by Gasteiger charge is -2.19. The number of hydrogen-bond donors (Lipinski definition) is 2. The van der Waals surface area contributed by atoms with Gasteiger partial charge in [0.15, 0.2) is 11.6 Å². The maximum absolute atomic E-state index is 14.1. The van der Waals surface area contributed by atoms with E-state index in [4.69, 9.17) is 23.2 Å². The van der Waals surface area contributed by atoms with Crippen LogP contribution in [0.4, 0.5) is 14.7 Å². The van der Waals surface area contributed by atoms with E-state index in [2.05, 4.69) is 20.3 Å². The number of hydrogen-bond acceptors (Lipinski definition) is 5. The largest absolute Gasteiger partial charge is 0.394 e. The topological polar surface area (TPSA) is 70.9 Å². The molecule has 1 aromatic carbocycles. The number of nitrogens with one attached hydrogen (secondary N) is 1. The predicted molar refractivity (Wildman–Crippen MR) is 102 cm³/mol. The van der Waals surface area contributed by atoms with E-state index in [0.717, 1.165) is 6.42 Å². The Morgan fingerprint density at radius 1 is 1.07 bits per heavy atom. The molecule has 0 fully saturated rings. The summed E-state index contributed by atoms with van der Waals surface area (Å²) >= 11 is 11.6. The molecule has 1 unspecified atom stereocenters. The van der Waals surface area contributed by atoms with Crippen LogP contribution in [0.15, 0.2) is 12.1 Å². The van der Waals surface area contributed by atoms with Gasteiger partial charge in [-0.1, -0.05) is 38.4 Å². The Bertz CT molecular complexity index is 792. The highest BCUT2D eigenvalue weighted by Crippen LogP contribution is 2.27. The fraction of sp³-hybridized carbons (Fsp3) is 0.500. The van der Waals surface area contributed by atoms with Gasteiger partial charge in [-0.25, -0.2) is 13.8 Å². The Morgan fingerprint density at radius 3 is 2.41 bits per heavy atom. The Morgan fingerprint density at radius 2 is 1.78 bits per heavy atom. The van der Waals surface area contributed by atoms with Crippen LogP contribution in [0.1, 0.15) is 44.5 Å². The van der Waals surface area contributed by atoms with Crippen molar-refractivity contribution < 1.29 is 13.9 Å². The first-order valence-corrected chi connectivity index (χ1v) is 9.38. The van der Waals surface area contributed by atoms with Gasteiger partial charge in [0.25, 0.3) is 0 Å². The molecule has 27 heavy (non-hydrogen) atoms. The number of aliphatic hydroxyl groups is 1. The van der Waals surface area contributed by atoms with Gasteiger partial charge < -0.3 is 10.4 Å². The number of nitrogens with zero attached hydrogens (tertiary/aromatic N) is 3. The zero-order chi connectivity index (χ0) is 20.1. The molecule has 0 amide bonds. The lowest BCUT2D eigenvalue weighted by Crippen LogP contribution is -2.27. The van der Waals surface area contributed by atoms with Crippen molar-refractivity contribution in [2.45, 2.75) is 45.6 Å². The normalized spacial score (nSPS) is 13.7. The van der Waals surface area contributed by atoms with Crippen molar-refractivity contribution in [1.29, 1.82) is 0 Å². The molecule has 0 spiro atoms. The smallest absolute Gasteiger partial charge is 0.227 e. The third kappa shape index (κ3) is 5.96. The van der Waals surface area contributed by atoms with E-state index in [1.54, 1.807) is 6.92 Å². The molecule has 0 aliphatic carbocycles. The first kappa shape index (κ1) is 21.7. The summed E-state index contributed by atoms with van der Waals surface area (Å²) in [6, 6.07) is 2.53. The first-order chi connectivity index (χ1) is 12.7. The highest BCUT2D eigenvalue weighted by molar-refractivity contribution is 6.30. The summed E-state index contributed by atoms with van der Waals surface area (Å²) in [6.07, 6.45) is 0.948. The number of aliphatic hydroxyl groups excluding tert-OH is 1. The van der Waals surface area contributed by atoms with Crippen molar-refractivity contribution in [1.82, 2.24) is 15.0 Å². The standard InChI is InChI=1S/C18H22Cl2F2N4O/c1-9(2)6-11(8-27)23-18-25-14(24-17(20)26-18)7-10(3)12-4-5-13(19)16(22)15(12)21/h4-5,9-11,27H,6-8H2,1-3H3,(H,23,24,25,26)/t10?,11-/m1/s1. The third-order valence-corrected chi connectivity index (χ3v) is 4.51. The molecule has 1 aromatic heterocycles. The molecular formula is C18H22Cl2F2N4O. The molecule has 2 rings (SSSR count). The maximum atomic E-state index is 14.1. The van der Waals surface area contributed by atoms with Crippen molar-refractivity contribution in [3.05, 3.63) is 45.5 Å². The van der Waals surface area contributed by atoms with E-state index in [1.807, 2.05) is 13.8 Å². The van der Waals surface area contributed by atoms with Gasteiger partial charge in [0.1, 0.15) is 5.82 Å². The molecule has 148 valence electrons. The van der Waals surface area contributed by atoms with Crippen molar-refractivity contribution in [2.75, 3.05) is 11.9 Å². The van der Waals surface area contributed by atoms with Crippen LogP contribution in [-0.4, -0.2) is 32.7 Å². The van der Waals surface area contributed by atoms with Crippen molar-refractivity contribution in [3.8, 4) is 0 Å². The van der Waals surface area contributed by atoms with Gasteiger partial charge in [-0.3, -0.25) is 0 Å². The Kier molecular flexibility index (Phi) is 7.70. The van der Waals surface area contributed by atoms with Gasteiger partial charge in [0.2, 0.25) is 11.2 Å². The highest BCUT2D eigenvalue weighted by atomic mass is 35.5. The van der Waals surface area contributed by atoms with E-state index < -0.39 is 17.6 Å². The molecule has 2 aromatic rings. The maximum Gasteiger partial charge on any atom is 0.227 e. The SMILES string of the molecule is CC(C)C[C@H](CO)Nc1nc(Cl)nc(CC(C)c2ccc(Cl)c(F)c2F)n1. The predicted octanol–water partition coefficient (Wildman–Crippen LogP) is 4.62. The van der Waals surface area contributed by atoms with Crippen LogP contribution in [-0.2, 0) is 6.42 Å². The number of aromatic nitrogens is 3. The van der Waals surface area contributed by atoms with Gasteiger partial charge in [0, 0.05) is 6.42 Å². The molecular weight excluding hydrogens is 397 g/mol. The fourth-order valence-electron chi connectivity index (χ4n) is 2.78. The Balaban J connectivity index is 2.19. The van der Waals surface area contributed by atoms with E-state index in [0.29, 0.717) is 11.7 Å². The van der Waals surface area contributed by atoms with Gasteiger partial charge in [0.05, 0.1) is 17.7 Å². The summed E-state index contributed by atoms with van der Waals surface area (Å²) in [6.45, 7) is 5.73. The third-order valence-electron chi connectivity index (χ3n) is 4.05. The fourth-order valence-corrected chi connectivity index (χ4v) is 3.11. The lowest BCUT2D eigenvalue weighted by atomic mass is 9.96. The summed E-state index contributed by atoms with van der Waals surface area (Å²) in [5.74, 6) is -1.52. The molecule has 2 N–H and O–H groups in total. The van der Waals surface area contributed by atoms with Crippen molar-refractivity contribution in [2.24, 2.45) is 5.92 Å². The summed E-state index contributed by atoms with van der Waals surface area (Å²) in [4.78, 5) is 12.4. The van der Waals surface area contributed by atoms with Gasteiger partial charge >= 0.3 is 0 Å². The minimum atomic E-state index is -1.07. The van der Waals surface area contributed by atoms with E-state index in [1.165, 1.54) is 12.1 Å². The molecule has 0 saturated carbocycles. The van der Waals surface area contributed by atoms with Gasteiger partial charge in [-0.05, 0) is 41.5 Å². The van der Waals surface area contributed by atoms with Crippen LogP contribution >= 0.6 is 23.2 Å². The molecule has 0 aliphatic rings. The van der Waals surface area contributed by atoms with Crippen LogP contribution < -0.4 is 5.32 Å². The first-order valence-electron chi connectivity index (χ1n) is 8.62. The number of halogens is 4. The second kappa shape index (κ2) is 9.57. The van der Waals surface area contributed by atoms with Crippen LogP contribution in [0.2, 0.25) is 10.3 Å². The molecule has 5 nitrogen and oxygen atoms in total. The minimum Gasteiger partial charge on any atom is -0.394 e. The van der Waals surface area contributed by atoms with Crippen molar-refractivity contribution >= 4 is 29.2 Å². The summed E-state index contributed by atoms with van der Waals surface area (Å²) in [5.41, 5.74) is 0.177. The Hall–Kier alpha value is -1.57. The second-order valence-corrected chi connectivity index (χ2v) is 7.61. The van der Waals surface area contributed by atoms with E-state index in [-0.39, 0.29) is 40.9 Å². The molecule has 0 saturated heterocycles. The lowest BCUT2D eigenvalue weighted by molar-refractivity contribution is 0.259. The zero-order valence-corrected chi connectivity index (χ0v) is 16.8. The zero-order valence-electron chi connectivity index (χ0n) is 15.3. The molecule has 9 heteroatoms. The number of benzene rings is 1. The molecule has 0 radical (unpaired) electrons. The average Bonchev–Trinajstić information content (AvgIpc) is 2.58. The van der Waals surface area contributed by atoms with Gasteiger partial charge in [-0.15, -0.1) is 0 Å². The summed E-state index contributed by atoms with van der Waals surface area (Å²) < 4.78 is 27.8. The highest BCUT2D eigenvalue weighted by Gasteiger charge is 2.19. The molecule has 2 atom stereocenters. The number of rotatable bonds is 8. The van der Waals surface area contributed by atoms with E-state index in [9.17, 15) is 13.9 Å². The van der Waals surface area contributed by atoms with Crippen LogP contribution in [0.5, 0.6) is 0 Å². The monoisotopic (exact) mass is 418 g/mol. The second-order valence-electron chi connectivity index (χ2n) is 6.87. The van der Waals surface area contributed by atoms with Crippen molar-refractivity contribution in [3.63, 3.8) is 0 Å². The molecule has 0 aliphatic heterocycles. The van der Waals surface area contributed by atoms with E-state index >= 15 is 0 Å². The summed E-state index contributed by atoms with van der Waals surface area (Å²) in [7, 11) is 0.